The largest absolute Gasteiger partial charge is 0.492 e. The Labute approximate surface area is 132 Å². The fourth-order valence-electron chi connectivity index (χ4n) is 2.47. The van der Waals surface area contributed by atoms with Crippen molar-refractivity contribution in [2.75, 3.05) is 19.7 Å². The molecule has 0 saturated carbocycles. The van der Waals surface area contributed by atoms with E-state index in [4.69, 9.17) is 4.74 Å². The third-order valence-electron chi connectivity index (χ3n) is 3.55. The van der Waals surface area contributed by atoms with Crippen molar-refractivity contribution in [2.45, 2.75) is 6.54 Å². The first-order chi connectivity index (χ1) is 10.2. The zero-order chi connectivity index (χ0) is 14.7. The molecule has 0 aliphatic carbocycles. The smallest absolute Gasteiger partial charge is 0.176 e. The summed E-state index contributed by atoms with van der Waals surface area (Å²) in [5, 5.41) is 0. The Balaban J connectivity index is 1.72. The molecule has 0 amide bonds. The van der Waals surface area contributed by atoms with Crippen molar-refractivity contribution in [1.29, 1.82) is 0 Å². The van der Waals surface area contributed by atoms with Gasteiger partial charge in [0.15, 0.2) is 5.78 Å². The van der Waals surface area contributed by atoms with Gasteiger partial charge in [-0.1, -0.05) is 46.3 Å². The lowest BCUT2D eigenvalue weighted by Crippen LogP contribution is -2.31. The molecule has 108 valence electrons. The standard InChI is InChI=1S/C17H16BrNO2/c18-15-6-3-5-13(10-15)16(20)12-19-8-9-21-17-7-2-1-4-14(17)11-19/h1-7,10H,8-9,11-12H2. The molecule has 3 nitrogen and oxygen atoms in total. The van der Waals surface area contributed by atoms with Crippen LogP contribution >= 0.6 is 15.9 Å². The molecule has 21 heavy (non-hydrogen) atoms. The van der Waals surface area contributed by atoms with Gasteiger partial charge in [0.25, 0.3) is 0 Å². The van der Waals surface area contributed by atoms with Crippen molar-refractivity contribution >= 4 is 21.7 Å². The van der Waals surface area contributed by atoms with Crippen LogP contribution in [0, 0.1) is 0 Å². The highest BCUT2D eigenvalue weighted by Gasteiger charge is 2.18. The highest BCUT2D eigenvalue weighted by molar-refractivity contribution is 9.10. The minimum Gasteiger partial charge on any atom is -0.492 e. The molecule has 0 aromatic heterocycles. The first-order valence-electron chi connectivity index (χ1n) is 6.94. The number of ketones is 1. The molecular weight excluding hydrogens is 330 g/mol. The Bertz CT molecular complexity index is 657. The second-order valence-corrected chi connectivity index (χ2v) is 6.02. The summed E-state index contributed by atoms with van der Waals surface area (Å²) >= 11 is 3.40. The average Bonchev–Trinajstić information content (AvgIpc) is 2.68. The molecule has 1 aliphatic rings. The van der Waals surface area contributed by atoms with E-state index in [0.717, 1.165) is 34.4 Å². The van der Waals surface area contributed by atoms with Crippen LogP contribution in [-0.2, 0) is 6.54 Å². The van der Waals surface area contributed by atoms with E-state index in [1.54, 1.807) is 0 Å². The maximum absolute atomic E-state index is 12.4. The van der Waals surface area contributed by atoms with Gasteiger partial charge in [-0.25, -0.2) is 0 Å². The summed E-state index contributed by atoms with van der Waals surface area (Å²) < 4.78 is 6.65. The van der Waals surface area contributed by atoms with Crippen LogP contribution in [-0.4, -0.2) is 30.4 Å². The second-order valence-electron chi connectivity index (χ2n) is 5.10. The van der Waals surface area contributed by atoms with Crippen LogP contribution in [0.1, 0.15) is 15.9 Å². The summed E-state index contributed by atoms with van der Waals surface area (Å²) in [4.78, 5) is 14.5. The lowest BCUT2D eigenvalue weighted by molar-refractivity contribution is 0.0921. The number of hydrogen-bond donors (Lipinski definition) is 0. The number of benzene rings is 2. The topological polar surface area (TPSA) is 29.5 Å². The summed E-state index contributed by atoms with van der Waals surface area (Å²) in [7, 11) is 0. The van der Waals surface area contributed by atoms with Crippen molar-refractivity contribution in [3.05, 3.63) is 64.1 Å². The number of nitrogens with zero attached hydrogens (tertiary/aromatic N) is 1. The molecule has 0 unspecified atom stereocenters. The predicted octanol–water partition coefficient (Wildman–Crippen LogP) is 3.53. The van der Waals surface area contributed by atoms with Gasteiger partial charge in [0.1, 0.15) is 12.4 Å². The molecular formula is C17H16BrNO2. The number of para-hydroxylation sites is 1. The predicted molar refractivity (Wildman–Crippen MR) is 85.7 cm³/mol. The fraction of sp³-hybridized carbons (Fsp3) is 0.235. The van der Waals surface area contributed by atoms with Crippen LogP contribution in [0.2, 0.25) is 0 Å². The summed E-state index contributed by atoms with van der Waals surface area (Å²) in [5.41, 5.74) is 1.87. The third-order valence-corrected chi connectivity index (χ3v) is 4.04. The van der Waals surface area contributed by atoms with Crippen LogP contribution in [0.15, 0.2) is 53.0 Å². The van der Waals surface area contributed by atoms with Crippen molar-refractivity contribution in [2.24, 2.45) is 0 Å². The van der Waals surface area contributed by atoms with Crippen LogP contribution in [0.25, 0.3) is 0 Å². The maximum Gasteiger partial charge on any atom is 0.176 e. The molecule has 0 bridgehead atoms. The summed E-state index contributed by atoms with van der Waals surface area (Å²) in [5.74, 6) is 1.06. The highest BCUT2D eigenvalue weighted by Crippen LogP contribution is 2.22. The van der Waals surface area contributed by atoms with Gasteiger partial charge in [0, 0.05) is 28.7 Å². The van der Waals surface area contributed by atoms with Crippen molar-refractivity contribution in [3.8, 4) is 5.75 Å². The molecule has 0 radical (unpaired) electrons. The first kappa shape index (κ1) is 14.3. The Kier molecular flexibility index (Phi) is 4.36. The van der Waals surface area contributed by atoms with E-state index in [9.17, 15) is 4.79 Å². The lowest BCUT2D eigenvalue weighted by Gasteiger charge is -2.18. The zero-order valence-electron chi connectivity index (χ0n) is 11.6. The minimum atomic E-state index is 0.135. The monoisotopic (exact) mass is 345 g/mol. The van der Waals surface area contributed by atoms with Gasteiger partial charge in [-0.3, -0.25) is 9.69 Å². The summed E-state index contributed by atoms with van der Waals surface area (Å²) in [6.45, 7) is 2.53. The second kappa shape index (κ2) is 6.41. The molecule has 3 rings (SSSR count). The molecule has 0 saturated heterocycles. The molecule has 0 atom stereocenters. The number of hydrogen-bond acceptors (Lipinski definition) is 3. The zero-order valence-corrected chi connectivity index (χ0v) is 13.2. The summed E-state index contributed by atoms with van der Waals surface area (Å²) in [6, 6.07) is 15.5. The molecule has 1 heterocycles. The van der Waals surface area contributed by atoms with Gasteiger partial charge in [0.05, 0.1) is 6.54 Å². The van der Waals surface area contributed by atoms with Gasteiger partial charge >= 0.3 is 0 Å². The van der Waals surface area contributed by atoms with E-state index >= 15 is 0 Å². The van der Waals surface area contributed by atoms with Crippen LogP contribution < -0.4 is 4.74 Å². The Morgan fingerprint density at radius 2 is 2.05 bits per heavy atom. The van der Waals surface area contributed by atoms with E-state index in [0.29, 0.717) is 13.2 Å². The average molecular weight is 346 g/mol. The Hall–Kier alpha value is -1.65. The molecule has 2 aromatic rings. The van der Waals surface area contributed by atoms with Gasteiger partial charge in [-0.15, -0.1) is 0 Å². The molecule has 2 aromatic carbocycles. The van der Waals surface area contributed by atoms with Gasteiger partial charge in [-0.05, 0) is 18.2 Å². The maximum atomic E-state index is 12.4. The highest BCUT2D eigenvalue weighted by atomic mass is 79.9. The molecule has 1 aliphatic heterocycles. The van der Waals surface area contributed by atoms with E-state index in [1.807, 2.05) is 42.5 Å². The number of carbonyl (C=O) groups is 1. The van der Waals surface area contributed by atoms with E-state index in [-0.39, 0.29) is 5.78 Å². The first-order valence-corrected chi connectivity index (χ1v) is 7.73. The number of carbonyl (C=O) groups excluding carboxylic acids is 1. The van der Waals surface area contributed by atoms with E-state index in [1.165, 1.54) is 0 Å². The van der Waals surface area contributed by atoms with Crippen LogP contribution in [0.5, 0.6) is 5.75 Å². The number of fused-ring (bicyclic) bond motifs is 1. The third kappa shape index (κ3) is 3.52. The van der Waals surface area contributed by atoms with Crippen molar-refractivity contribution < 1.29 is 9.53 Å². The normalized spacial score (nSPS) is 14.9. The SMILES string of the molecule is O=C(CN1CCOc2ccccc2C1)c1cccc(Br)c1. The molecule has 0 N–H and O–H groups in total. The van der Waals surface area contributed by atoms with Gasteiger partial charge < -0.3 is 4.74 Å². The number of ether oxygens (including phenoxy) is 1. The van der Waals surface area contributed by atoms with Gasteiger partial charge in [0.2, 0.25) is 0 Å². The lowest BCUT2D eigenvalue weighted by atomic mass is 10.1. The van der Waals surface area contributed by atoms with Crippen molar-refractivity contribution in [3.63, 3.8) is 0 Å². The molecule has 0 fully saturated rings. The fourth-order valence-corrected chi connectivity index (χ4v) is 2.87. The van der Waals surface area contributed by atoms with E-state index in [2.05, 4.69) is 26.9 Å². The number of rotatable bonds is 3. The minimum absolute atomic E-state index is 0.135. The van der Waals surface area contributed by atoms with Crippen LogP contribution in [0.3, 0.4) is 0 Å². The van der Waals surface area contributed by atoms with Crippen LogP contribution in [0.4, 0.5) is 0 Å². The molecule has 4 heteroatoms. The summed E-state index contributed by atoms with van der Waals surface area (Å²) in [6.07, 6.45) is 0. The van der Waals surface area contributed by atoms with Crippen molar-refractivity contribution in [1.82, 2.24) is 4.90 Å². The Morgan fingerprint density at radius 3 is 2.90 bits per heavy atom. The number of halogens is 1. The molecule has 0 spiro atoms. The van der Waals surface area contributed by atoms with Gasteiger partial charge in [-0.2, -0.15) is 0 Å². The quantitative estimate of drug-likeness (QED) is 0.797. The number of Topliss-reactive ketones (excluding diaryl/α,β-unsaturated/α-hetero) is 1. The van der Waals surface area contributed by atoms with E-state index < -0.39 is 0 Å². The Morgan fingerprint density at radius 1 is 1.19 bits per heavy atom.